The van der Waals surface area contributed by atoms with E-state index in [9.17, 15) is 5.11 Å². The van der Waals surface area contributed by atoms with Gasteiger partial charge < -0.3 is 9.52 Å². The Morgan fingerprint density at radius 2 is 2.45 bits per heavy atom. The number of furan rings is 1. The summed E-state index contributed by atoms with van der Waals surface area (Å²) in [5.41, 5.74) is 0.0241. The van der Waals surface area contributed by atoms with Gasteiger partial charge in [0.05, 0.1) is 11.9 Å². The van der Waals surface area contributed by atoms with E-state index < -0.39 is 5.60 Å². The predicted molar refractivity (Wildman–Crippen MR) is 41.4 cm³/mol. The van der Waals surface area contributed by atoms with Crippen LogP contribution in [0.1, 0.15) is 18.9 Å². The average molecular weight is 173 g/mol. The Labute approximate surface area is 69.8 Å². The van der Waals surface area contributed by atoms with Gasteiger partial charge in [0.2, 0.25) is 0 Å². The van der Waals surface area contributed by atoms with Gasteiger partial charge in [-0.1, -0.05) is 6.92 Å². The van der Waals surface area contributed by atoms with Crippen LogP contribution in [0.2, 0.25) is 5.22 Å². The molecule has 1 N–H and O–H groups in total. The first-order valence-electron chi connectivity index (χ1n) is 3.60. The number of halogens is 1. The van der Waals surface area contributed by atoms with Gasteiger partial charge in [-0.3, -0.25) is 0 Å². The molecule has 0 aromatic carbocycles. The van der Waals surface area contributed by atoms with Crippen molar-refractivity contribution in [2.75, 3.05) is 0 Å². The van der Waals surface area contributed by atoms with Gasteiger partial charge in [-0.15, -0.1) is 0 Å². The molecule has 1 aromatic heterocycles. The van der Waals surface area contributed by atoms with E-state index in [4.69, 9.17) is 16.0 Å². The number of aliphatic hydroxyl groups is 1. The molecule has 11 heavy (non-hydrogen) atoms. The maximum absolute atomic E-state index is 9.79. The Morgan fingerprint density at radius 1 is 1.82 bits per heavy atom. The molecule has 0 saturated heterocycles. The van der Waals surface area contributed by atoms with E-state index in [-0.39, 0.29) is 0 Å². The van der Waals surface area contributed by atoms with Crippen LogP contribution in [0.3, 0.4) is 0 Å². The molecule has 1 aliphatic rings. The highest BCUT2D eigenvalue weighted by molar-refractivity contribution is 6.29. The largest absolute Gasteiger partial charge is 0.453 e. The summed E-state index contributed by atoms with van der Waals surface area (Å²) in [5, 5.41) is 10.1. The minimum Gasteiger partial charge on any atom is -0.453 e. The van der Waals surface area contributed by atoms with Crippen LogP contribution < -0.4 is 0 Å². The summed E-state index contributed by atoms with van der Waals surface area (Å²) in [6, 6.07) is 1.73. The van der Waals surface area contributed by atoms with Gasteiger partial charge >= 0.3 is 0 Å². The second-order valence-electron chi connectivity index (χ2n) is 3.14. The first kappa shape index (κ1) is 7.19. The maximum atomic E-state index is 9.79. The fourth-order valence-corrected chi connectivity index (χ4v) is 1.67. The lowest BCUT2D eigenvalue weighted by molar-refractivity contribution is 0.134. The molecular formula is C8H9ClO2. The standard InChI is InChI=1S/C8H9ClO2/c1-5-4-8(5,10)6-2-3-11-7(6)9/h2-3,5,10H,4H2,1H3. The molecule has 0 radical (unpaired) electrons. The first-order valence-corrected chi connectivity index (χ1v) is 3.98. The van der Waals surface area contributed by atoms with E-state index in [0.717, 1.165) is 12.0 Å². The lowest BCUT2D eigenvalue weighted by Gasteiger charge is -2.04. The molecule has 2 nitrogen and oxygen atoms in total. The summed E-state index contributed by atoms with van der Waals surface area (Å²) in [5.74, 6) is 0.303. The highest BCUT2D eigenvalue weighted by atomic mass is 35.5. The van der Waals surface area contributed by atoms with Crippen LogP contribution in [0, 0.1) is 5.92 Å². The molecule has 0 aliphatic heterocycles. The molecule has 60 valence electrons. The van der Waals surface area contributed by atoms with E-state index in [2.05, 4.69) is 0 Å². The van der Waals surface area contributed by atoms with E-state index in [1.54, 1.807) is 6.07 Å². The fourth-order valence-electron chi connectivity index (χ4n) is 1.39. The smallest absolute Gasteiger partial charge is 0.199 e. The quantitative estimate of drug-likeness (QED) is 0.704. The van der Waals surface area contributed by atoms with Crippen LogP contribution in [-0.2, 0) is 5.60 Å². The van der Waals surface area contributed by atoms with Crippen molar-refractivity contribution in [2.24, 2.45) is 5.92 Å². The zero-order chi connectivity index (χ0) is 8.06. The highest BCUT2D eigenvalue weighted by Crippen LogP contribution is 2.53. The van der Waals surface area contributed by atoms with Gasteiger partial charge in [0.25, 0.3) is 0 Å². The van der Waals surface area contributed by atoms with Crippen molar-refractivity contribution in [3.05, 3.63) is 23.1 Å². The van der Waals surface area contributed by atoms with Gasteiger partial charge in [-0.2, -0.15) is 0 Å². The van der Waals surface area contributed by atoms with Crippen molar-refractivity contribution in [3.8, 4) is 0 Å². The van der Waals surface area contributed by atoms with Crippen molar-refractivity contribution in [2.45, 2.75) is 18.9 Å². The summed E-state index contributed by atoms with van der Waals surface area (Å²) in [6.07, 6.45) is 2.28. The molecule has 1 heterocycles. The molecule has 1 fully saturated rings. The van der Waals surface area contributed by atoms with E-state index in [1.807, 2.05) is 6.92 Å². The van der Waals surface area contributed by atoms with E-state index in [1.165, 1.54) is 6.26 Å². The van der Waals surface area contributed by atoms with Crippen LogP contribution in [0.4, 0.5) is 0 Å². The summed E-state index contributed by atoms with van der Waals surface area (Å²) in [4.78, 5) is 0. The average Bonchev–Trinajstić information content (AvgIpc) is 2.43. The Hall–Kier alpha value is -0.470. The minimum atomic E-state index is -0.704. The number of rotatable bonds is 1. The molecule has 1 aromatic rings. The molecule has 3 heteroatoms. The van der Waals surface area contributed by atoms with Crippen LogP contribution in [0.15, 0.2) is 16.7 Å². The summed E-state index contributed by atoms with van der Waals surface area (Å²) >= 11 is 5.70. The molecule has 2 unspecified atom stereocenters. The first-order chi connectivity index (χ1) is 5.14. The van der Waals surface area contributed by atoms with Crippen molar-refractivity contribution in [1.82, 2.24) is 0 Å². The minimum absolute atomic E-state index is 0.303. The second kappa shape index (κ2) is 2.02. The number of hydrogen-bond acceptors (Lipinski definition) is 2. The molecule has 2 atom stereocenters. The SMILES string of the molecule is CC1CC1(O)c1ccoc1Cl. The van der Waals surface area contributed by atoms with Crippen LogP contribution in [-0.4, -0.2) is 5.11 Å². The topological polar surface area (TPSA) is 33.4 Å². The third kappa shape index (κ3) is 0.898. The molecule has 1 saturated carbocycles. The summed E-state index contributed by atoms with van der Waals surface area (Å²) < 4.78 is 4.88. The van der Waals surface area contributed by atoms with Gasteiger partial charge in [0, 0.05) is 5.56 Å². The summed E-state index contributed by atoms with van der Waals surface area (Å²) in [7, 11) is 0. The van der Waals surface area contributed by atoms with E-state index >= 15 is 0 Å². The molecular weight excluding hydrogens is 164 g/mol. The van der Waals surface area contributed by atoms with Crippen molar-refractivity contribution in [3.63, 3.8) is 0 Å². The molecule has 2 rings (SSSR count). The Kier molecular flexibility index (Phi) is 1.32. The van der Waals surface area contributed by atoms with Gasteiger partial charge in [-0.25, -0.2) is 0 Å². The van der Waals surface area contributed by atoms with Crippen LogP contribution in [0.25, 0.3) is 0 Å². The lowest BCUT2D eigenvalue weighted by atomic mass is 10.1. The van der Waals surface area contributed by atoms with Crippen molar-refractivity contribution >= 4 is 11.6 Å². The maximum Gasteiger partial charge on any atom is 0.199 e. The zero-order valence-electron chi connectivity index (χ0n) is 6.17. The second-order valence-corrected chi connectivity index (χ2v) is 3.48. The van der Waals surface area contributed by atoms with Gasteiger partial charge in [0.15, 0.2) is 5.22 Å². The third-order valence-corrected chi connectivity index (χ3v) is 2.65. The van der Waals surface area contributed by atoms with Crippen LogP contribution in [0.5, 0.6) is 0 Å². The van der Waals surface area contributed by atoms with Crippen molar-refractivity contribution in [1.29, 1.82) is 0 Å². The lowest BCUT2D eigenvalue weighted by Crippen LogP contribution is -2.06. The Balaban J connectivity index is 2.37. The molecule has 0 bridgehead atoms. The zero-order valence-corrected chi connectivity index (χ0v) is 6.93. The third-order valence-electron chi connectivity index (χ3n) is 2.36. The fraction of sp³-hybridized carbons (Fsp3) is 0.500. The molecule has 0 amide bonds. The number of hydrogen-bond donors (Lipinski definition) is 1. The predicted octanol–water partition coefficient (Wildman–Crippen LogP) is 2.16. The Bertz CT molecular complexity index is 281. The van der Waals surface area contributed by atoms with Crippen LogP contribution >= 0.6 is 11.6 Å². The van der Waals surface area contributed by atoms with Gasteiger partial charge in [-0.05, 0) is 30.0 Å². The molecule has 1 aliphatic carbocycles. The normalized spacial score (nSPS) is 35.7. The highest BCUT2D eigenvalue weighted by Gasteiger charge is 2.52. The van der Waals surface area contributed by atoms with E-state index in [0.29, 0.717) is 11.1 Å². The molecule has 0 spiro atoms. The summed E-state index contributed by atoms with van der Waals surface area (Å²) in [6.45, 7) is 1.99. The van der Waals surface area contributed by atoms with Gasteiger partial charge in [0.1, 0.15) is 0 Å². The Morgan fingerprint density at radius 3 is 2.82 bits per heavy atom. The van der Waals surface area contributed by atoms with Crippen molar-refractivity contribution < 1.29 is 9.52 Å². The monoisotopic (exact) mass is 172 g/mol.